The van der Waals surface area contributed by atoms with Gasteiger partial charge in [0.2, 0.25) is 17.6 Å². The van der Waals surface area contributed by atoms with Crippen LogP contribution >= 0.6 is 0 Å². The van der Waals surface area contributed by atoms with Gasteiger partial charge in [0.05, 0.1) is 4.92 Å². The molecule has 0 saturated carbocycles. The van der Waals surface area contributed by atoms with E-state index in [-0.39, 0.29) is 11.6 Å². The monoisotopic (exact) mass is 346 g/mol. The molecule has 1 aliphatic heterocycles. The van der Waals surface area contributed by atoms with Gasteiger partial charge in [-0.3, -0.25) is 10.1 Å². The summed E-state index contributed by atoms with van der Waals surface area (Å²) in [7, 11) is 0. The maximum atomic E-state index is 13.1. The Balaban J connectivity index is 1.98. The summed E-state index contributed by atoms with van der Waals surface area (Å²) < 4.78 is 13.1. The van der Waals surface area contributed by atoms with Crippen molar-refractivity contribution in [3.63, 3.8) is 0 Å². The van der Waals surface area contributed by atoms with Crippen LogP contribution in [0.2, 0.25) is 0 Å². The first-order chi connectivity index (χ1) is 11.9. The summed E-state index contributed by atoms with van der Waals surface area (Å²) >= 11 is 0. The first-order valence-electron chi connectivity index (χ1n) is 8.03. The van der Waals surface area contributed by atoms with Gasteiger partial charge in [0.25, 0.3) is 0 Å². The molecule has 0 bridgehead atoms. The summed E-state index contributed by atoms with van der Waals surface area (Å²) in [6.45, 7) is 3.68. The molecule has 1 fully saturated rings. The highest BCUT2D eigenvalue weighted by Crippen LogP contribution is 2.33. The van der Waals surface area contributed by atoms with Gasteiger partial charge in [-0.25, -0.2) is 4.39 Å². The molecule has 1 aromatic carbocycles. The zero-order chi connectivity index (χ0) is 18.0. The van der Waals surface area contributed by atoms with Gasteiger partial charge in [-0.2, -0.15) is 9.97 Å². The smallest absolute Gasteiger partial charge is 0.353 e. The van der Waals surface area contributed by atoms with E-state index >= 15 is 0 Å². The SMILES string of the molecule is C[C@@H]1CCCN(c2nc(N)c([N+](=O)[O-])c(Nc3ccc(F)cc3)n2)C1. The van der Waals surface area contributed by atoms with E-state index in [9.17, 15) is 14.5 Å². The number of nitrogen functional groups attached to an aromatic ring is 1. The topological polar surface area (TPSA) is 110 Å². The molecular formula is C16H19FN6O2. The molecule has 132 valence electrons. The standard InChI is InChI=1S/C16H19FN6O2/c1-10-3-2-8-22(9-10)16-20-14(18)13(23(24)25)15(21-16)19-12-6-4-11(17)5-7-12/h4-7,10H,2-3,8-9H2,1H3,(H3,18,19,20,21)/t10-/m1/s1. The highest BCUT2D eigenvalue weighted by molar-refractivity contribution is 5.74. The van der Waals surface area contributed by atoms with Crippen molar-refractivity contribution in [3.05, 3.63) is 40.2 Å². The first kappa shape index (κ1) is 16.9. The van der Waals surface area contributed by atoms with E-state index in [1.165, 1.54) is 24.3 Å². The average molecular weight is 346 g/mol. The number of hydrogen-bond acceptors (Lipinski definition) is 7. The number of rotatable bonds is 4. The third-order valence-corrected chi connectivity index (χ3v) is 4.13. The number of piperidine rings is 1. The summed E-state index contributed by atoms with van der Waals surface area (Å²) in [4.78, 5) is 21.2. The van der Waals surface area contributed by atoms with E-state index in [1.54, 1.807) is 0 Å². The number of benzene rings is 1. The molecule has 2 aromatic rings. The lowest BCUT2D eigenvalue weighted by Crippen LogP contribution is -2.35. The Bertz CT molecular complexity index is 783. The minimum Gasteiger partial charge on any atom is -0.378 e. The molecule has 3 N–H and O–H groups in total. The summed E-state index contributed by atoms with van der Waals surface area (Å²) in [6.07, 6.45) is 2.13. The third kappa shape index (κ3) is 3.76. The lowest BCUT2D eigenvalue weighted by molar-refractivity contribution is -0.383. The van der Waals surface area contributed by atoms with Gasteiger partial charge < -0.3 is 16.0 Å². The fourth-order valence-corrected chi connectivity index (χ4v) is 2.91. The van der Waals surface area contributed by atoms with Crippen molar-refractivity contribution in [1.29, 1.82) is 0 Å². The first-order valence-corrected chi connectivity index (χ1v) is 8.03. The van der Waals surface area contributed by atoms with Crippen LogP contribution in [0.3, 0.4) is 0 Å². The summed E-state index contributed by atoms with van der Waals surface area (Å²) in [5.41, 5.74) is 5.90. The fourth-order valence-electron chi connectivity index (χ4n) is 2.91. The van der Waals surface area contributed by atoms with Crippen molar-refractivity contribution in [2.24, 2.45) is 5.92 Å². The molecule has 9 heteroatoms. The molecule has 2 heterocycles. The number of hydrogen-bond donors (Lipinski definition) is 2. The van der Waals surface area contributed by atoms with Gasteiger partial charge in [-0.05, 0) is 43.0 Å². The molecule has 0 aliphatic carbocycles. The van der Waals surface area contributed by atoms with Crippen LogP contribution in [0.5, 0.6) is 0 Å². The fraction of sp³-hybridized carbons (Fsp3) is 0.375. The van der Waals surface area contributed by atoms with Gasteiger partial charge in [0.1, 0.15) is 5.82 Å². The number of nitrogens with two attached hydrogens (primary N) is 1. The van der Waals surface area contributed by atoms with E-state index in [0.717, 1.165) is 25.9 Å². The molecule has 1 saturated heterocycles. The Morgan fingerprint density at radius 3 is 2.72 bits per heavy atom. The van der Waals surface area contributed by atoms with Gasteiger partial charge >= 0.3 is 5.69 Å². The van der Waals surface area contributed by atoms with E-state index in [4.69, 9.17) is 5.73 Å². The number of nitrogens with zero attached hydrogens (tertiary/aromatic N) is 4. The highest BCUT2D eigenvalue weighted by Gasteiger charge is 2.26. The van der Waals surface area contributed by atoms with Crippen LogP contribution < -0.4 is 16.0 Å². The van der Waals surface area contributed by atoms with E-state index in [0.29, 0.717) is 17.6 Å². The number of aromatic nitrogens is 2. The zero-order valence-electron chi connectivity index (χ0n) is 13.8. The normalized spacial score (nSPS) is 17.4. The Morgan fingerprint density at radius 2 is 2.08 bits per heavy atom. The van der Waals surface area contributed by atoms with Crippen LogP contribution in [-0.2, 0) is 0 Å². The molecule has 0 spiro atoms. The lowest BCUT2D eigenvalue weighted by Gasteiger charge is -2.31. The Morgan fingerprint density at radius 1 is 1.36 bits per heavy atom. The minimum absolute atomic E-state index is 0.00247. The van der Waals surface area contributed by atoms with Gasteiger partial charge in [0.15, 0.2) is 0 Å². The number of anilines is 4. The largest absolute Gasteiger partial charge is 0.378 e. The Kier molecular flexibility index (Phi) is 4.64. The molecule has 1 aromatic heterocycles. The maximum absolute atomic E-state index is 13.1. The Hall–Kier alpha value is -2.97. The van der Waals surface area contributed by atoms with Gasteiger partial charge in [-0.1, -0.05) is 6.92 Å². The highest BCUT2D eigenvalue weighted by atomic mass is 19.1. The number of halogens is 1. The maximum Gasteiger partial charge on any atom is 0.353 e. The predicted octanol–water partition coefficient (Wildman–Crippen LogP) is 3.09. The van der Waals surface area contributed by atoms with Crippen molar-refractivity contribution in [3.8, 4) is 0 Å². The quantitative estimate of drug-likeness (QED) is 0.646. The summed E-state index contributed by atoms with van der Waals surface area (Å²) in [5.74, 6) is 0.252. The van der Waals surface area contributed by atoms with E-state index < -0.39 is 16.4 Å². The molecule has 3 rings (SSSR count). The average Bonchev–Trinajstić information content (AvgIpc) is 2.56. The molecule has 0 unspecified atom stereocenters. The molecule has 1 atom stereocenters. The van der Waals surface area contributed by atoms with Crippen molar-refractivity contribution >= 4 is 29.0 Å². The van der Waals surface area contributed by atoms with Crippen LogP contribution in [0.15, 0.2) is 24.3 Å². The molecule has 0 radical (unpaired) electrons. The van der Waals surface area contributed by atoms with Crippen LogP contribution in [0.4, 0.5) is 33.3 Å². The number of nitrogens with one attached hydrogen (secondary N) is 1. The predicted molar refractivity (Wildman–Crippen MR) is 93.4 cm³/mol. The zero-order valence-corrected chi connectivity index (χ0v) is 13.8. The molecule has 25 heavy (non-hydrogen) atoms. The molecule has 0 amide bonds. The minimum atomic E-state index is -0.621. The van der Waals surface area contributed by atoms with Gasteiger partial charge in [0, 0.05) is 18.8 Å². The molecule has 1 aliphatic rings. The van der Waals surface area contributed by atoms with Crippen molar-refractivity contribution in [2.75, 3.05) is 29.0 Å². The number of nitro groups is 1. The Labute approximate surface area is 144 Å². The third-order valence-electron chi connectivity index (χ3n) is 4.13. The van der Waals surface area contributed by atoms with Crippen molar-refractivity contribution in [2.45, 2.75) is 19.8 Å². The van der Waals surface area contributed by atoms with Gasteiger partial charge in [-0.15, -0.1) is 0 Å². The van der Waals surface area contributed by atoms with E-state index in [1.807, 2.05) is 4.90 Å². The van der Waals surface area contributed by atoms with Crippen LogP contribution in [-0.4, -0.2) is 28.0 Å². The summed E-state index contributed by atoms with van der Waals surface area (Å²) in [6, 6.07) is 5.46. The van der Waals surface area contributed by atoms with Crippen molar-refractivity contribution < 1.29 is 9.31 Å². The van der Waals surface area contributed by atoms with Crippen molar-refractivity contribution in [1.82, 2.24) is 9.97 Å². The van der Waals surface area contributed by atoms with Crippen LogP contribution in [0, 0.1) is 21.8 Å². The molecule has 8 nitrogen and oxygen atoms in total. The summed E-state index contributed by atoms with van der Waals surface area (Å²) in [5, 5.41) is 14.2. The lowest BCUT2D eigenvalue weighted by atomic mass is 10.0. The second-order valence-electron chi connectivity index (χ2n) is 6.19. The van der Waals surface area contributed by atoms with E-state index in [2.05, 4.69) is 22.2 Å². The second-order valence-corrected chi connectivity index (χ2v) is 6.19. The second kappa shape index (κ2) is 6.88. The molecular weight excluding hydrogens is 327 g/mol. The van der Waals surface area contributed by atoms with Crippen LogP contribution in [0.25, 0.3) is 0 Å². The van der Waals surface area contributed by atoms with Crippen LogP contribution in [0.1, 0.15) is 19.8 Å².